The second-order valence-corrected chi connectivity index (χ2v) is 5.47. The number of benzene rings is 2. The molecule has 124 valence electrons. The first-order valence-electron chi connectivity index (χ1n) is 7.61. The van der Waals surface area contributed by atoms with E-state index in [9.17, 15) is 9.59 Å². The number of nitrogens with one attached hydrogen (secondary N) is 2. The largest absolute Gasteiger partial charge is 0.497 e. The molecule has 0 radical (unpaired) electrons. The molecule has 0 aliphatic carbocycles. The van der Waals surface area contributed by atoms with E-state index in [4.69, 9.17) is 4.74 Å². The minimum absolute atomic E-state index is 0.262. The van der Waals surface area contributed by atoms with Crippen molar-refractivity contribution in [2.75, 3.05) is 12.4 Å². The quantitative estimate of drug-likeness (QED) is 0.602. The Labute approximate surface area is 141 Å². The van der Waals surface area contributed by atoms with Crippen LogP contribution in [-0.2, 0) is 0 Å². The molecule has 2 N–H and O–H groups in total. The van der Waals surface area contributed by atoms with Gasteiger partial charge in [-0.2, -0.15) is 5.10 Å². The summed E-state index contributed by atoms with van der Waals surface area (Å²) in [5.41, 5.74) is 1.65. The molecule has 0 saturated carbocycles. The number of methoxy groups -OCH3 is 1. The number of amides is 1. The number of aromatic nitrogens is 3. The van der Waals surface area contributed by atoms with Gasteiger partial charge in [0.1, 0.15) is 17.0 Å². The maximum atomic E-state index is 12.6. The van der Waals surface area contributed by atoms with Gasteiger partial charge in [-0.25, -0.2) is 4.52 Å². The standard InChI is InChI=1S/C18H14N4O3/c1-25-12-8-6-11(7-9-12)20-18(24)14-10-19-22-15-5-3-2-4-13(15)17(23)21-16(14)22/h2-10H,1H3,(H,20,24)(H,21,23). The number of carbonyl (C=O) groups is 1. The van der Waals surface area contributed by atoms with Crippen LogP contribution < -0.4 is 15.6 Å². The summed E-state index contributed by atoms with van der Waals surface area (Å²) in [5.74, 6) is 0.343. The smallest absolute Gasteiger partial charge is 0.261 e. The summed E-state index contributed by atoms with van der Waals surface area (Å²) in [6.45, 7) is 0. The average Bonchev–Trinajstić information content (AvgIpc) is 3.06. The van der Waals surface area contributed by atoms with E-state index in [0.717, 1.165) is 0 Å². The van der Waals surface area contributed by atoms with Crippen LogP contribution in [0.25, 0.3) is 16.6 Å². The van der Waals surface area contributed by atoms with Crippen molar-refractivity contribution in [3.05, 3.63) is 70.6 Å². The SMILES string of the molecule is COc1ccc(NC(=O)c2cnn3c2[nH]c(=O)c2ccccc23)cc1. The van der Waals surface area contributed by atoms with Crippen molar-refractivity contribution in [2.24, 2.45) is 0 Å². The number of rotatable bonds is 3. The van der Waals surface area contributed by atoms with Crippen LogP contribution in [0.15, 0.2) is 59.5 Å². The highest BCUT2D eigenvalue weighted by atomic mass is 16.5. The van der Waals surface area contributed by atoms with E-state index in [1.165, 1.54) is 6.20 Å². The highest BCUT2D eigenvalue weighted by Crippen LogP contribution is 2.18. The van der Waals surface area contributed by atoms with Crippen molar-refractivity contribution >= 4 is 28.1 Å². The molecule has 7 heteroatoms. The number of hydrogen-bond donors (Lipinski definition) is 2. The lowest BCUT2D eigenvalue weighted by molar-refractivity contribution is 0.102. The van der Waals surface area contributed by atoms with E-state index in [0.29, 0.717) is 33.6 Å². The first-order chi connectivity index (χ1) is 12.2. The van der Waals surface area contributed by atoms with Crippen molar-refractivity contribution in [2.45, 2.75) is 0 Å². The molecule has 0 spiro atoms. The predicted octanol–water partition coefficient (Wildman–Crippen LogP) is 2.44. The van der Waals surface area contributed by atoms with Crippen LogP contribution in [0.2, 0.25) is 0 Å². The van der Waals surface area contributed by atoms with Crippen molar-refractivity contribution in [1.82, 2.24) is 14.6 Å². The minimum atomic E-state index is -0.355. The Balaban J connectivity index is 1.76. The number of para-hydroxylation sites is 1. The molecule has 0 fully saturated rings. The van der Waals surface area contributed by atoms with Gasteiger partial charge < -0.3 is 15.0 Å². The van der Waals surface area contributed by atoms with E-state index in [2.05, 4.69) is 15.4 Å². The van der Waals surface area contributed by atoms with Crippen LogP contribution in [0.3, 0.4) is 0 Å². The molecule has 2 heterocycles. The number of H-pyrrole nitrogens is 1. The number of hydrogen-bond acceptors (Lipinski definition) is 4. The highest BCUT2D eigenvalue weighted by molar-refractivity contribution is 6.08. The molecule has 25 heavy (non-hydrogen) atoms. The average molecular weight is 334 g/mol. The Morgan fingerprint density at radius 2 is 1.92 bits per heavy atom. The van der Waals surface area contributed by atoms with Crippen LogP contribution in [0.5, 0.6) is 5.75 Å². The Hall–Kier alpha value is -3.61. The lowest BCUT2D eigenvalue weighted by Crippen LogP contribution is -2.15. The first kappa shape index (κ1) is 14.9. The molecule has 0 atom stereocenters. The zero-order valence-electron chi connectivity index (χ0n) is 13.3. The number of carbonyl (C=O) groups excluding carboxylic acids is 1. The van der Waals surface area contributed by atoms with Gasteiger partial charge >= 0.3 is 0 Å². The van der Waals surface area contributed by atoms with Crippen molar-refractivity contribution < 1.29 is 9.53 Å². The summed E-state index contributed by atoms with van der Waals surface area (Å²) in [7, 11) is 1.58. The first-order valence-corrected chi connectivity index (χ1v) is 7.61. The third-order valence-corrected chi connectivity index (χ3v) is 3.97. The predicted molar refractivity (Wildman–Crippen MR) is 94.3 cm³/mol. The van der Waals surface area contributed by atoms with Crippen LogP contribution in [0.1, 0.15) is 10.4 Å². The lowest BCUT2D eigenvalue weighted by Gasteiger charge is -2.06. The Morgan fingerprint density at radius 1 is 1.16 bits per heavy atom. The van der Waals surface area contributed by atoms with Crippen LogP contribution >= 0.6 is 0 Å². The Kier molecular flexibility index (Phi) is 3.46. The molecular formula is C18H14N4O3. The van der Waals surface area contributed by atoms with Crippen LogP contribution in [-0.4, -0.2) is 27.6 Å². The summed E-state index contributed by atoms with van der Waals surface area (Å²) in [5, 5.41) is 7.54. The highest BCUT2D eigenvalue weighted by Gasteiger charge is 2.16. The topological polar surface area (TPSA) is 88.5 Å². The maximum absolute atomic E-state index is 12.6. The van der Waals surface area contributed by atoms with Gasteiger partial charge in [-0.1, -0.05) is 12.1 Å². The molecular weight excluding hydrogens is 320 g/mol. The fourth-order valence-corrected chi connectivity index (χ4v) is 2.72. The van der Waals surface area contributed by atoms with Crippen LogP contribution in [0.4, 0.5) is 5.69 Å². The van der Waals surface area contributed by atoms with E-state index in [1.807, 2.05) is 6.07 Å². The van der Waals surface area contributed by atoms with Gasteiger partial charge in [0.15, 0.2) is 0 Å². The molecule has 4 aromatic rings. The molecule has 4 rings (SSSR count). The zero-order chi connectivity index (χ0) is 17.4. The van der Waals surface area contributed by atoms with Gasteiger partial charge in [0.05, 0.1) is 24.2 Å². The fourth-order valence-electron chi connectivity index (χ4n) is 2.72. The van der Waals surface area contributed by atoms with Gasteiger partial charge in [0, 0.05) is 5.69 Å². The van der Waals surface area contributed by atoms with E-state index in [1.54, 1.807) is 54.1 Å². The summed E-state index contributed by atoms with van der Waals surface area (Å²) in [6.07, 6.45) is 1.44. The van der Waals surface area contributed by atoms with E-state index >= 15 is 0 Å². The number of fused-ring (bicyclic) bond motifs is 3. The number of ether oxygens (including phenoxy) is 1. The number of nitrogens with zero attached hydrogens (tertiary/aromatic N) is 2. The van der Waals surface area contributed by atoms with Gasteiger partial charge in [-0.15, -0.1) is 0 Å². The second-order valence-electron chi connectivity index (χ2n) is 5.47. The molecule has 0 saturated heterocycles. The molecule has 7 nitrogen and oxygen atoms in total. The van der Waals surface area contributed by atoms with Gasteiger partial charge in [0.25, 0.3) is 11.5 Å². The molecule has 0 unspecified atom stereocenters. The molecule has 2 aromatic heterocycles. The van der Waals surface area contributed by atoms with Crippen molar-refractivity contribution in [1.29, 1.82) is 0 Å². The Morgan fingerprint density at radius 3 is 2.68 bits per heavy atom. The fraction of sp³-hybridized carbons (Fsp3) is 0.0556. The summed E-state index contributed by atoms with van der Waals surface area (Å²) in [6, 6.07) is 14.1. The maximum Gasteiger partial charge on any atom is 0.261 e. The van der Waals surface area contributed by atoms with Gasteiger partial charge in [0.2, 0.25) is 0 Å². The number of anilines is 1. The minimum Gasteiger partial charge on any atom is -0.497 e. The van der Waals surface area contributed by atoms with Gasteiger partial charge in [-0.05, 0) is 36.4 Å². The molecule has 0 aliphatic heterocycles. The third kappa shape index (κ3) is 2.51. The third-order valence-electron chi connectivity index (χ3n) is 3.97. The van der Waals surface area contributed by atoms with Crippen molar-refractivity contribution in [3.63, 3.8) is 0 Å². The molecule has 2 aromatic carbocycles. The molecule has 0 bridgehead atoms. The monoisotopic (exact) mass is 334 g/mol. The summed E-state index contributed by atoms with van der Waals surface area (Å²) >= 11 is 0. The molecule has 1 amide bonds. The van der Waals surface area contributed by atoms with E-state index in [-0.39, 0.29) is 11.5 Å². The molecule has 0 aliphatic rings. The summed E-state index contributed by atoms with van der Waals surface area (Å²) < 4.78 is 6.65. The normalized spacial score (nSPS) is 10.9. The lowest BCUT2D eigenvalue weighted by atomic mass is 10.2. The van der Waals surface area contributed by atoms with E-state index < -0.39 is 0 Å². The van der Waals surface area contributed by atoms with Gasteiger partial charge in [-0.3, -0.25) is 9.59 Å². The van der Waals surface area contributed by atoms with Crippen molar-refractivity contribution in [3.8, 4) is 5.75 Å². The summed E-state index contributed by atoms with van der Waals surface area (Å²) in [4.78, 5) is 27.6. The Bertz CT molecular complexity index is 1140. The number of aromatic amines is 1. The zero-order valence-corrected chi connectivity index (χ0v) is 13.3. The van der Waals surface area contributed by atoms with Crippen LogP contribution in [0, 0.1) is 0 Å². The second kappa shape index (κ2) is 5.79.